The zero-order chi connectivity index (χ0) is 22.3. The molecule has 8 nitrogen and oxygen atoms in total. The van der Waals surface area contributed by atoms with Crippen LogP contribution in [0.15, 0.2) is 41.4 Å². The van der Waals surface area contributed by atoms with E-state index in [1.807, 2.05) is 13.0 Å². The molecule has 162 valence electrons. The fraction of sp³-hybridized carbons (Fsp3) is 0.429. The average molecular weight is 434 g/mol. The zero-order valence-corrected chi connectivity index (χ0v) is 18.6. The summed E-state index contributed by atoms with van der Waals surface area (Å²) in [6, 6.07) is 8.32. The van der Waals surface area contributed by atoms with Crippen LogP contribution >= 0.6 is 0 Å². The first kappa shape index (κ1) is 21.9. The zero-order valence-electron chi connectivity index (χ0n) is 17.8. The van der Waals surface area contributed by atoms with Crippen molar-refractivity contribution in [2.75, 3.05) is 15.7 Å². The van der Waals surface area contributed by atoms with Crippen LogP contribution in [0, 0.1) is 0 Å². The lowest BCUT2D eigenvalue weighted by atomic mass is 10.1. The molecule has 1 atom stereocenters. The molecule has 1 aromatic carbocycles. The summed E-state index contributed by atoms with van der Waals surface area (Å²) in [5.41, 5.74) is 0.663. The molecule has 0 fully saturated rings. The average Bonchev–Trinajstić information content (AvgIpc) is 2.66. The lowest BCUT2D eigenvalue weighted by Crippen LogP contribution is -2.46. The molecule has 0 spiro atoms. The molecule has 0 saturated heterocycles. The normalized spacial score (nSPS) is 16.6. The lowest BCUT2D eigenvalue weighted by Gasteiger charge is -2.36. The summed E-state index contributed by atoms with van der Waals surface area (Å²) in [4.78, 5) is 17.4. The molecule has 0 bridgehead atoms. The number of benzene rings is 1. The largest absolute Gasteiger partial charge is 0.471 e. The number of pyridine rings is 1. The molecule has 0 saturated carbocycles. The molecule has 3 rings (SSSR count). The van der Waals surface area contributed by atoms with E-state index in [1.54, 1.807) is 45.9 Å². The van der Waals surface area contributed by atoms with Gasteiger partial charge in [-0.05, 0) is 57.9 Å². The Bertz CT molecular complexity index is 1060. The quantitative estimate of drug-likeness (QED) is 0.785. The number of hydrogen-bond donors (Lipinski definition) is 1. The predicted octanol–water partition coefficient (Wildman–Crippen LogP) is 3.90. The van der Waals surface area contributed by atoms with E-state index in [2.05, 4.69) is 4.98 Å². The first-order chi connectivity index (χ1) is 13.9. The molecule has 0 aliphatic carbocycles. The van der Waals surface area contributed by atoms with E-state index in [0.717, 1.165) is 10.5 Å². The topological polar surface area (TPSA) is 100 Å². The Labute approximate surface area is 177 Å². The van der Waals surface area contributed by atoms with Crippen LogP contribution in [0.25, 0.3) is 0 Å². The number of rotatable bonds is 4. The van der Waals surface area contributed by atoms with Crippen LogP contribution in [-0.4, -0.2) is 42.8 Å². The van der Waals surface area contributed by atoms with Gasteiger partial charge >= 0.3 is 6.09 Å². The highest BCUT2D eigenvalue weighted by Gasteiger charge is 2.36. The number of nitrogens with zero attached hydrogens (tertiary/aromatic N) is 3. The second kappa shape index (κ2) is 7.79. The Morgan fingerprint density at radius 2 is 2.03 bits per heavy atom. The van der Waals surface area contributed by atoms with Gasteiger partial charge in [0.05, 0.1) is 23.3 Å². The molecule has 0 radical (unpaired) electrons. The Hall–Kier alpha value is -2.81. The summed E-state index contributed by atoms with van der Waals surface area (Å²) in [7, 11) is -3.89. The molecule has 9 heteroatoms. The van der Waals surface area contributed by atoms with Crippen LogP contribution in [0.2, 0.25) is 0 Å². The van der Waals surface area contributed by atoms with Crippen molar-refractivity contribution >= 4 is 27.5 Å². The van der Waals surface area contributed by atoms with Gasteiger partial charge in [0.1, 0.15) is 11.8 Å². The molecule has 1 aliphatic rings. The van der Waals surface area contributed by atoms with Gasteiger partial charge in [-0.2, -0.15) is 0 Å². The van der Waals surface area contributed by atoms with Gasteiger partial charge in [0.2, 0.25) is 5.88 Å². The second-order valence-electron chi connectivity index (χ2n) is 8.27. The third-order valence-electron chi connectivity index (χ3n) is 4.84. The van der Waals surface area contributed by atoms with Gasteiger partial charge in [-0.3, -0.25) is 9.21 Å². The maximum absolute atomic E-state index is 13.5. The number of carboxylic acid groups (broad SMARTS) is 1. The first-order valence-electron chi connectivity index (χ1n) is 9.76. The number of sulfonamides is 1. The number of fused-ring (bicyclic) bond motifs is 1. The van der Waals surface area contributed by atoms with E-state index in [4.69, 9.17) is 4.74 Å². The van der Waals surface area contributed by atoms with Crippen LogP contribution in [0.5, 0.6) is 5.88 Å². The van der Waals surface area contributed by atoms with Gasteiger partial charge in [0, 0.05) is 5.54 Å². The maximum Gasteiger partial charge on any atom is 0.412 e. The third kappa shape index (κ3) is 4.07. The molecular weight excluding hydrogens is 406 g/mol. The third-order valence-corrected chi connectivity index (χ3v) is 6.61. The number of ether oxygens (including phenoxy) is 1. The van der Waals surface area contributed by atoms with Crippen LogP contribution in [0.3, 0.4) is 0 Å². The van der Waals surface area contributed by atoms with Crippen LogP contribution < -0.4 is 13.9 Å². The molecule has 1 amide bonds. The van der Waals surface area contributed by atoms with Crippen molar-refractivity contribution in [2.24, 2.45) is 0 Å². The van der Waals surface area contributed by atoms with Crippen molar-refractivity contribution in [1.29, 1.82) is 0 Å². The van der Waals surface area contributed by atoms with E-state index in [0.29, 0.717) is 6.42 Å². The monoisotopic (exact) mass is 433 g/mol. The summed E-state index contributed by atoms with van der Waals surface area (Å²) in [6.45, 7) is 9.08. The molecular formula is C21H27N3O5S. The van der Waals surface area contributed by atoms with E-state index in [9.17, 15) is 18.3 Å². The summed E-state index contributed by atoms with van der Waals surface area (Å²) >= 11 is 0. The number of amides is 1. The highest BCUT2D eigenvalue weighted by atomic mass is 32.2. The van der Waals surface area contributed by atoms with Crippen molar-refractivity contribution in [3.05, 3.63) is 42.1 Å². The van der Waals surface area contributed by atoms with Crippen molar-refractivity contribution in [3.8, 4) is 5.88 Å². The minimum atomic E-state index is -3.89. The smallest absolute Gasteiger partial charge is 0.412 e. The fourth-order valence-electron chi connectivity index (χ4n) is 3.45. The Balaban J connectivity index is 2.14. The summed E-state index contributed by atoms with van der Waals surface area (Å²) in [5.74, 6) is 0.159. The second-order valence-corrected chi connectivity index (χ2v) is 10.1. The van der Waals surface area contributed by atoms with Gasteiger partial charge in [-0.15, -0.1) is 0 Å². The molecule has 0 unspecified atom stereocenters. The summed E-state index contributed by atoms with van der Waals surface area (Å²) in [6.07, 6.45) is 0.542. The molecule has 2 aromatic rings. The number of anilines is 2. The van der Waals surface area contributed by atoms with E-state index < -0.39 is 27.8 Å². The Kier molecular flexibility index (Phi) is 5.68. The highest BCUT2D eigenvalue weighted by Crippen LogP contribution is 2.39. The van der Waals surface area contributed by atoms with Crippen LogP contribution in [-0.2, 0) is 16.4 Å². The van der Waals surface area contributed by atoms with E-state index >= 15 is 0 Å². The SMILES string of the molecule is CCc1cccc(S(=O)(=O)N2C[C@H](C)Oc3ncc(N(C(=O)O)C(C)(C)C)cc32)c1. The van der Waals surface area contributed by atoms with E-state index in [-0.39, 0.29) is 28.7 Å². The minimum absolute atomic E-state index is 0.0966. The van der Waals surface area contributed by atoms with Crippen molar-refractivity contribution in [3.63, 3.8) is 0 Å². The number of hydrogen-bond acceptors (Lipinski definition) is 5. The fourth-order valence-corrected chi connectivity index (χ4v) is 5.05. The van der Waals surface area contributed by atoms with Gasteiger partial charge in [-0.1, -0.05) is 19.1 Å². The summed E-state index contributed by atoms with van der Waals surface area (Å²) < 4.78 is 34.0. The van der Waals surface area contributed by atoms with Crippen molar-refractivity contribution in [1.82, 2.24) is 4.98 Å². The first-order valence-corrected chi connectivity index (χ1v) is 11.2. The minimum Gasteiger partial charge on any atom is -0.471 e. The molecule has 2 heterocycles. The van der Waals surface area contributed by atoms with Gasteiger partial charge in [-0.25, -0.2) is 18.2 Å². The van der Waals surface area contributed by atoms with Crippen molar-refractivity contribution < 1.29 is 23.1 Å². The highest BCUT2D eigenvalue weighted by molar-refractivity contribution is 7.92. The lowest BCUT2D eigenvalue weighted by molar-refractivity contribution is 0.195. The molecule has 1 aromatic heterocycles. The maximum atomic E-state index is 13.5. The number of carbonyl (C=O) groups is 1. The predicted molar refractivity (Wildman–Crippen MR) is 115 cm³/mol. The van der Waals surface area contributed by atoms with Crippen LogP contribution in [0.1, 0.15) is 40.2 Å². The summed E-state index contributed by atoms with van der Waals surface area (Å²) in [5, 5.41) is 9.70. The standard InChI is InChI=1S/C21H27N3O5S/c1-6-15-8-7-9-17(10-15)30(27,28)23-13-14(2)29-19-18(23)11-16(12-22-19)24(20(25)26)21(3,4)5/h7-12,14H,6,13H2,1-5H3,(H,25,26)/t14-/m0/s1. The van der Waals surface area contributed by atoms with E-state index in [1.165, 1.54) is 16.6 Å². The Morgan fingerprint density at radius 1 is 1.33 bits per heavy atom. The van der Waals surface area contributed by atoms with Gasteiger partial charge in [0.25, 0.3) is 10.0 Å². The number of aromatic nitrogens is 1. The molecule has 1 N–H and O–H groups in total. The van der Waals surface area contributed by atoms with Crippen LogP contribution in [0.4, 0.5) is 16.2 Å². The van der Waals surface area contributed by atoms with Crippen molar-refractivity contribution in [2.45, 2.75) is 57.6 Å². The van der Waals surface area contributed by atoms with Gasteiger partial charge < -0.3 is 9.84 Å². The molecule has 30 heavy (non-hydrogen) atoms. The Morgan fingerprint density at radius 3 is 2.63 bits per heavy atom. The molecule has 1 aliphatic heterocycles. The number of aryl methyl sites for hydroxylation is 1. The van der Waals surface area contributed by atoms with Gasteiger partial charge in [0.15, 0.2) is 0 Å².